The minimum absolute atomic E-state index is 0.0279. The maximum Gasteiger partial charge on any atom is 0.230 e. The Bertz CT molecular complexity index is 273. The number of nitrogens with zero attached hydrogens (tertiary/aromatic N) is 2. The SMILES string of the molecule is CC(C)SCC(=O)NCc1ncn[nH]1. The first-order chi connectivity index (χ1) is 6.68. The first kappa shape index (κ1) is 11.0. The molecule has 0 fully saturated rings. The molecule has 0 bridgehead atoms. The largest absolute Gasteiger partial charge is 0.348 e. The van der Waals surface area contributed by atoms with Gasteiger partial charge < -0.3 is 5.32 Å². The zero-order valence-corrected chi connectivity index (χ0v) is 9.10. The van der Waals surface area contributed by atoms with E-state index in [9.17, 15) is 4.79 Å². The number of carbonyl (C=O) groups is 1. The molecule has 0 saturated heterocycles. The van der Waals surface area contributed by atoms with E-state index in [1.165, 1.54) is 6.33 Å². The Hall–Kier alpha value is -1.04. The molecular weight excluding hydrogens is 200 g/mol. The minimum atomic E-state index is 0.0279. The molecule has 1 rings (SSSR count). The number of aromatic amines is 1. The molecule has 1 amide bonds. The van der Waals surface area contributed by atoms with E-state index in [0.717, 1.165) is 0 Å². The van der Waals surface area contributed by atoms with Crippen molar-refractivity contribution in [3.8, 4) is 0 Å². The molecular formula is C8H14N4OS. The third-order valence-corrected chi connectivity index (χ3v) is 2.56. The highest BCUT2D eigenvalue weighted by atomic mass is 32.2. The topological polar surface area (TPSA) is 70.7 Å². The van der Waals surface area contributed by atoms with Crippen LogP contribution in [0.15, 0.2) is 6.33 Å². The summed E-state index contributed by atoms with van der Waals surface area (Å²) in [4.78, 5) is 15.1. The predicted molar refractivity (Wildman–Crippen MR) is 55.8 cm³/mol. The highest BCUT2D eigenvalue weighted by Gasteiger charge is 2.03. The summed E-state index contributed by atoms with van der Waals surface area (Å²) < 4.78 is 0. The number of hydrogen-bond donors (Lipinski definition) is 2. The molecule has 78 valence electrons. The van der Waals surface area contributed by atoms with Crippen LogP contribution in [0.2, 0.25) is 0 Å². The van der Waals surface area contributed by atoms with Gasteiger partial charge in [0.2, 0.25) is 5.91 Å². The monoisotopic (exact) mass is 214 g/mol. The molecule has 0 saturated carbocycles. The van der Waals surface area contributed by atoms with Crippen LogP contribution in [0, 0.1) is 0 Å². The van der Waals surface area contributed by atoms with E-state index in [1.807, 2.05) is 0 Å². The molecule has 5 nitrogen and oxygen atoms in total. The Morgan fingerprint density at radius 3 is 3.07 bits per heavy atom. The molecule has 1 aromatic rings. The third kappa shape index (κ3) is 4.27. The molecule has 6 heteroatoms. The van der Waals surface area contributed by atoms with Gasteiger partial charge in [0.15, 0.2) is 0 Å². The van der Waals surface area contributed by atoms with Gasteiger partial charge in [-0.25, -0.2) is 4.98 Å². The van der Waals surface area contributed by atoms with E-state index >= 15 is 0 Å². The summed E-state index contributed by atoms with van der Waals surface area (Å²) in [6.45, 7) is 4.54. The lowest BCUT2D eigenvalue weighted by Crippen LogP contribution is -2.25. The number of carbonyl (C=O) groups excluding carboxylic acids is 1. The third-order valence-electron chi connectivity index (χ3n) is 1.47. The summed E-state index contributed by atoms with van der Waals surface area (Å²) in [5.41, 5.74) is 0. The summed E-state index contributed by atoms with van der Waals surface area (Å²) in [6, 6.07) is 0. The zero-order chi connectivity index (χ0) is 10.4. The molecule has 14 heavy (non-hydrogen) atoms. The Morgan fingerprint density at radius 2 is 2.50 bits per heavy atom. The van der Waals surface area contributed by atoms with E-state index in [0.29, 0.717) is 23.4 Å². The van der Waals surface area contributed by atoms with Gasteiger partial charge in [0.1, 0.15) is 12.2 Å². The van der Waals surface area contributed by atoms with E-state index in [-0.39, 0.29) is 5.91 Å². The van der Waals surface area contributed by atoms with Crippen LogP contribution in [-0.4, -0.2) is 32.1 Å². The van der Waals surface area contributed by atoms with Crippen molar-refractivity contribution >= 4 is 17.7 Å². The summed E-state index contributed by atoms with van der Waals surface area (Å²) >= 11 is 1.62. The van der Waals surface area contributed by atoms with Gasteiger partial charge in [0, 0.05) is 0 Å². The second kappa shape index (κ2) is 5.64. The van der Waals surface area contributed by atoms with E-state index < -0.39 is 0 Å². The van der Waals surface area contributed by atoms with Crippen molar-refractivity contribution in [1.82, 2.24) is 20.5 Å². The number of aromatic nitrogens is 3. The summed E-state index contributed by atoms with van der Waals surface area (Å²) in [6.07, 6.45) is 1.42. The fourth-order valence-electron chi connectivity index (χ4n) is 0.792. The van der Waals surface area contributed by atoms with Gasteiger partial charge in [-0.3, -0.25) is 9.89 Å². The molecule has 0 aromatic carbocycles. The standard InChI is InChI=1S/C8H14N4OS/c1-6(2)14-4-8(13)9-3-7-10-5-11-12-7/h5-6H,3-4H2,1-2H3,(H,9,13)(H,10,11,12). The van der Waals surface area contributed by atoms with Crippen LogP contribution in [0.3, 0.4) is 0 Å². The Balaban J connectivity index is 2.15. The zero-order valence-electron chi connectivity index (χ0n) is 8.28. The van der Waals surface area contributed by atoms with E-state index in [1.54, 1.807) is 11.8 Å². The summed E-state index contributed by atoms with van der Waals surface area (Å²) in [5, 5.41) is 9.58. The maximum absolute atomic E-state index is 11.2. The number of rotatable bonds is 5. The van der Waals surface area contributed by atoms with Gasteiger partial charge in [-0.1, -0.05) is 13.8 Å². The Labute approximate surface area is 87.1 Å². The van der Waals surface area contributed by atoms with Gasteiger partial charge in [-0.2, -0.15) is 5.10 Å². The van der Waals surface area contributed by atoms with Crippen LogP contribution >= 0.6 is 11.8 Å². The first-order valence-corrected chi connectivity index (χ1v) is 5.46. The number of H-pyrrole nitrogens is 1. The minimum Gasteiger partial charge on any atom is -0.348 e. The molecule has 0 spiro atoms. The molecule has 0 radical (unpaired) electrons. The van der Waals surface area contributed by atoms with Crippen LogP contribution < -0.4 is 5.32 Å². The predicted octanol–water partition coefficient (Wildman–Crippen LogP) is 0.562. The molecule has 1 heterocycles. The number of thioether (sulfide) groups is 1. The van der Waals surface area contributed by atoms with Crippen LogP contribution in [0.25, 0.3) is 0 Å². The molecule has 0 atom stereocenters. The Kier molecular flexibility index (Phi) is 4.45. The fraction of sp³-hybridized carbons (Fsp3) is 0.625. The summed E-state index contributed by atoms with van der Waals surface area (Å²) in [7, 11) is 0. The van der Waals surface area contributed by atoms with Crippen molar-refractivity contribution in [2.45, 2.75) is 25.6 Å². The molecule has 1 aromatic heterocycles. The van der Waals surface area contributed by atoms with Gasteiger partial charge in [0.25, 0.3) is 0 Å². The highest BCUT2D eigenvalue weighted by molar-refractivity contribution is 8.00. The number of hydrogen-bond acceptors (Lipinski definition) is 4. The van der Waals surface area contributed by atoms with Crippen molar-refractivity contribution in [2.24, 2.45) is 0 Å². The van der Waals surface area contributed by atoms with Crippen LogP contribution in [-0.2, 0) is 11.3 Å². The van der Waals surface area contributed by atoms with Gasteiger partial charge in [-0.05, 0) is 5.25 Å². The maximum atomic E-state index is 11.2. The van der Waals surface area contributed by atoms with Gasteiger partial charge >= 0.3 is 0 Å². The fourth-order valence-corrected chi connectivity index (χ4v) is 1.38. The van der Waals surface area contributed by atoms with Crippen LogP contribution in [0.5, 0.6) is 0 Å². The second-order valence-corrected chi connectivity index (χ2v) is 4.63. The molecule has 0 aliphatic heterocycles. The van der Waals surface area contributed by atoms with E-state index in [4.69, 9.17) is 0 Å². The molecule has 0 aliphatic rings. The van der Waals surface area contributed by atoms with Crippen LogP contribution in [0.4, 0.5) is 0 Å². The summed E-state index contributed by atoms with van der Waals surface area (Å²) in [5.74, 6) is 1.19. The number of amides is 1. The average molecular weight is 214 g/mol. The van der Waals surface area contributed by atoms with Crippen molar-refractivity contribution in [3.05, 3.63) is 12.2 Å². The van der Waals surface area contributed by atoms with Crippen LogP contribution in [0.1, 0.15) is 19.7 Å². The van der Waals surface area contributed by atoms with Gasteiger partial charge in [0.05, 0.1) is 12.3 Å². The second-order valence-electron chi connectivity index (χ2n) is 3.07. The lowest BCUT2D eigenvalue weighted by molar-refractivity contribution is -0.118. The molecule has 0 aliphatic carbocycles. The van der Waals surface area contributed by atoms with E-state index in [2.05, 4.69) is 34.3 Å². The quantitative estimate of drug-likeness (QED) is 0.751. The highest BCUT2D eigenvalue weighted by Crippen LogP contribution is 2.07. The van der Waals surface area contributed by atoms with Crippen molar-refractivity contribution in [2.75, 3.05) is 5.75 Å². The molecule has 0 unspecified atom stereocenters. The normalized spacial score (nSPS) is 10.5. The first-order valence-electron chi connectivity index (χ1n) is 4.41. The van der Waals surface area contributed by atoms with Crippen molar-refractivity contribution in [1.29, 1.82) is 0 Å². The van der Waals surface area contributed by atoms with Gasteiger partial charge in [-0.15, -0.1) is 11.8 Å². The number of nitrogens with one attached hydrogen (secondary N) is 2. The average Bonchev–Trinajstić information content (AvgIpc) is 2.63. The Morgan fingerprint density at radius 1 is 1.71 bits per heavy atom. The smallest absolute Gasteiger partial charge is 0.230 e. The van der Waals surface area contributed by atoms with Crippen molar-refractivity contribution < 1.29 is 4.79 Å². The lowest BCUT2D eigenvalue weighted by Gasteiger charge is -2.04. The lowest BCUT2D eigenvalue weighted by atomic mass is 10.5. The molecule has 2 N–H and O–H groups in total. The van der Waals surface area contributed by atoms with Crippen molar-refractivity contribution in [3.63, 3.8) is 0 Å².